The van der Waals surface area contributed by atoms with Crippen LogP contribution in [0.25, 0.3) is 0 Å². The summed E-state index contributed by atoms with van der Waals surface area (Å²) in [6.07, 6.45) is 0.110. The highest BCUT2D eigenvalue weighted by molar-refractivity contribution is 6.69. The third kappa shape index (κ3) is 5.41. The van der Waals surface area contributed by atoms with Gasteiger partial charge in [0.05, 0.1) is 6.10 Å². The normalized spacial score (nSPS) is 14.5. The first-order valence-corrected chi connectivity index (χ1v) is 11.4. The lowest BCUT2D eigenvalue weighted by atomic mass is 10.1. The van der Waals surface area contributed by atoms with Crippen molar-refractivity contribution in [2.45, 2.75) is 38.7 Å². The van der Waals surface area contributed by atoms with Crippen LogP contribution in [0.15, 0.2) is 60.7 Å². The van der Waals surface area contributed by atoms with Gasteiger partial charge in [-0.1, -0.05) is 60.7 Å². The van der Waals surface area contributed by atoms with Gasteiger partial charge in [-0.05, 0) is 37.7 Å². The number of hydrogen-bond donors (Lipinski definition) is 1. The van der Waals surface area contributed by atoms with E-state index in [1.807, 2.05) is 0 Å². The molecule has 0 saturated heterocycles. The van der Waals surface area contributed by atoms with Crippen LogP contribution in [-0.2, 0) is 4.43 Å². The monoisotopic (exact) mass is 313 g/mol. The maximum Gasteiger partial charge on any atom is 0.184 e. The molecule has 0 aliphatic heterocycles. The molecule has 1 N–H and O–H groups in total. The van der Waals surface area contributed by atoms with Crippen molar-refractivity contribution in [2.24, 2.45) is 0 Å². The fourth-order valence-corrected chi connectivity index (χ4v) is 3.54. The summed E-state index contributed by atoms with van der Waals surface area (Å²) in [5, 5.41) is 3.62. The third-order valence-electron chi connectivity index (χ3n) is 3.58. The molecule has 0 aromatic heterocycles. The van der Waals surface area contributed by atoms with Gasteiger partial charge in [0.2, 0.25) is 0 Å². The Hall–Kier alpha value is -1.42. The van der Waals surface area contributed by atoms with E-state index in [1.165, 1.54) is 11.1 Å². The van der Waals surface area contributed by atoms with Gasteiger partial charge in [0.25, 0.3) is 0 Å². The van der Waals surface area contributed by atoms with E-state index in [1.54, 1.807) is 0 Å². The number of benzene rings is 2. The molecule has 2 atom stereocenters. The molecule has 0 fully saturated rings. The summed E-state index contributed by atoms with van der Waals surface area (Å²) in [7, 11) is -1.59. The Morgan fingerprint density at radius 2 is 1.36 bits per heavy atom. The molecule has 0 aliphatic carbocycles. The minimum absolute atomic E-state index is 0.110. The second-order valence-corrected chi connectivity index (χ2v) is 11.1. The van der Waals surface area contributed by atoms with E-state index in [-0.39, 0.29) is 6.10 Å². The van der Waals surface area contributed by atoms with Crippen molar-refractivity contribution in [1.82, 2.24) is 5.32 Å². The Bertz CT molecular complexity index is 551. The largest absolute Gasteiger partial charge is 0.409 e. The molecule has 0 saturated carbocycles. The van der Waals surface area contributed by atoms with Gasteiger partial charge in [-0.3, -0.25) is 0 Å². The SMILES string of the molecule is C[C@H](NC[C@@H](O[Si](C)(C)C)c1ccccc1)c1ccccc1. The van der Waals surface area contributed by atoms with Crippen LogP contribution in [0.4, 0.5) is 0 Å². The van der Waals surface area contributed by atoms with E-state index in [9.17, 15) is 0 Å². The highest BCUT2D eigenvalue weighted by Crippen LogP contribution is 2.23. The molecule has 0 bridgehead atoms. The van der Waals surface area contributed by atoms with Crippen LogP contribution in [-0.4, -0.2) is 14.9 Å². The van der Waals surface area contributed by atoms with Crippen molar-refractivity contribution in [3.8, 4) is 0 Å². The second-order valence-electron chi connectivity index (χ2n) is 6.67. The highest BCUT2D eigenvalue weighted by atomic mass is 28.4. The maximum absolute atomic E-state index is 6.39. The molecule has 2 aromatic rings. The van der Waals surface area contributed by atoms with Crippen molar-refractivity contribution < 1.29 is 4.43 Å². The van der Waals surface area contributed by atoms with Crippen molar-refractivity contribution in [2.75, 3.05) is 6.54 Å². The zero-order chi connectivity index (χ0) is 16.0. The zero-order valence-corrected chi connectivity index (χ0v) is 15.0. The van der Waals surface area contributed by atoms with Crippen LogP contribution >= 0.6 is 0 Å². The van der Waals surface area contributed by atoms with Crippen LogP contribution < -0.4 is 5.32 Å². The standard InChI is InChI=1S/C19H27NOSi/c1-16(17-11-7-5-8-12-17)20-15-19(21-22(2,3)4)18-13-9-6-10-14-18/h5-14,16,19-20H,15H2,1-4H3/t16-,19+/m0/s1. The van der Waals surface area contributed by atoms with Crippen molar-refractivity contribution in [1.29, 1.82) is 0 Å². The van der Waals surface area contributed by atoms with E-state index in [0.29, 0.717) is 6.04 Å². The molecular weight excluding hydrogens is 286 g/mol. The summed E-state index contributed by atoms with van der Waals surface area (Å²) in [4.78, 5) is 0. The molecule has 0 radical (unpaired) electrons. The topological polar surface area (TPSA) is 21.3 Å². The average Bonchev–Trinajstić information content (AvgIpc) is 2.52. The first-order valence-electron chi connectivity index (χ1n) is 7.97. The summed E-state index contributed by atoms with van der Waals surface area (Å²) in [6.45, 7) is 9.74. The number of rotatable bonds is 7. The molecule has 2 rings (SSSR count). The van der Waals surface area contributed by atoms with Gasteiger partial charge in [-0.2, -0.15) is 0 Å². The predicted molar refractivity (Wildman–Crippen MR) is 96.5 cm³/mol. The van der Waals surface area contributed by atoms with E-state index in [4.69, 9.17) is 4.43 Å². The fourth-order valence-electron chi connectivity index (χ4n) is 2.47. The molecule has 2 aromatic carbocycles. The van der Waals surface area contributed by atoms with Gasteiger partial charge < -0.3 is 9.74 Å². The van der Waals surface area contributed by atoms with Crippen LogP contribution in [0.1, 0.15) is 30.2 Å². The predicted octanol–water partition coefficient (Wildman–Crippen LogP) is 4.93. The first-order chi connectivity index (χ1) is 10.5. The maximum atomic E-state index is 6.39. The molecule has 3 heteroatoms. The van der Waals surface area contributed by atoms with Crippen LogP contribution in [0.2, 0.25) is 19.6 Å². The van der Waals surface area contributed by atoms with Gasteiger partial charge in [0, 0.05) is 12.6 Å². The van der Waals surface area contributed by atoms with Crippen molar-refractivity contribution >= 4 is 8.32 Å². The second kappa shape index (κ2) is 7.72. The van der Waals surface area contributed by atoms with Gasteiger partial charge in [-0.15, -0.1) is 0 Å². The first kappa shape index (κ1) is 16.9. The highest BCUT2D eigenvalue weighted by Gasteiger charge is 2.22. The molecule has 2 nitrogen and oxygen atoms in total. The Kier molecular flexibility index (Phi) is 5.95. The van der Waals surface area contributed by atoms with Crippen molar-refractivity contribution in [3.05, 3.63) is 71.8 Å². The lowest BCUT2D eigenvalue weighted by Crippen LogP contribution is -2.34. The molecule has 0 spiro atoms. The van der Waals surface area contributed by atoms with Gasteiger partial charge in [0.15, 0.2) is 8.32 Å². The molecule has 118 valence electrons. The van der Waals surface area contributed by atoms with E-state index < -0.39 is 8.32 Å². The molecular formula is C19H27NOSi. The quantitative estimate of drug-likeness (QED) is 0.732. The average molecular weight is 314 g/mol. The zero-order valence-electron chi connectivity index (χ0n) is 14.0. The van der Waals surface area contributed by atoms with Crippen LogP contribution in [0, 0.1) is 0 Å². The molecule has 0 aliphatic rings. The van der Waals surface area contributed by atoms with E-state index in [2.05, 4.69) is 92.5 Å². The van der Waals surface area contributed by atoms with Crippen LogP contribution in [0.3, 0.4) is 0 Å². The fraction of sp³-hybridized carbons (Fsp3) is 0.368. The minimum Gasteiger partial charge on any atom is -0.409 e. The van der Waals surface area contributed by atoms with Crippen LogP contribution in [0.5, 0.6) is 0 Å². The molecule has 0 amide bonds. The van der Waals surface area contributed by atoms with E-state index in [0.717, 1.165) is 6.54 Å². The summed E-state index contributed by atoms with van der Waals surface area (Å²) < 4.78 is 6.39. The smallest absolute Gasteiger partial charge is 0.184 e. The molecule has 0 unspecified atom stereocenters. The number of hydrogen-bond acceptors (Lipinski definition) is 2. The van der Waals surface area contributed by atoms with Gasteiger partial charge >= 0.3 is 0 Å². The third-order valence-corrected chi connectivity index (χ3v) is 4.57. The minimum atomic E-state index is -1.59. The Balaban J connectivity index is 2.04. The Labute approximate surface area is 135 Å². The summed E-state index contributed by atoms with van der Waals surface area (Å²) in [6, 6.07) is 21.4. The summed E-state index contributed by atoms with van der Waals surface area (Å²) in [5.41, 5.74) is 2.56. The summed E-state index contributed by atoms with van der Waals surface area (Å²) >= 11 is 0. The lowest BCUT2D eigenvalue weighted by Gasteiger charge is -2.28. The van der Waals surface area contributed by atoms with Gasteiger partial charge in [0.1, 0.15) is 0 Å². The van der Waals surface area contributed by atoms with Crippen molar-refractivity contribution in [3.63, 3.8) is 0 Å². The summed E-state index contributed by atoms with van der Waals surface area (Å²) in [5.74, 6) is 0. The van der Waals surface area contributed by atoms with Gasteiger partial charge in [-0.25, -0.2) is 0 Å². The molecule has 22 heavy (non-hydrogen) atoms. The Morgan fingerprint density at radius 3 is 1.86 bits per heavy atom. The lowest BCUT2D eigenvalue weighted by molar-refractivity contribution is 0.190. The molecule has 0 heterocycles. The Morgan fingerprint density at radius 1 is 0.864 bits per heavy atom. The van der Waals surface area contributed by atoms with E-state index >= 15 is 0 Å². The number of nitrogens with one attached hydrogen (secondary N) is 1.